The van der Waals surface area contributed by atoms with E-state index in [-0.39, 0.29) is 48.1 Å². The van der Waals surface area contributed by atoms with Crippen molar-refractivity contribution in [2.75, 3.05) is 0 Å². The third-order valence-corrected chi connectivity index (χ3v) is 21.8. The zero-order valence-electron chi connectivity index (χ0n) is 43.2. The molecule has 0 radical (unpaired) electrons. The van der Waals surface area contributed by atoms with Crippen LogP contribution in [0.25, 0.3) is 0 Å². The summed E-state index contributed by atoms with van der Waals surface area (Å²) in [5, 5.41) is 0. The minimum absolute atomic E-state index is 0.259. The average molecular weight is 1140 g/mol. The summed E-state index contributed by atoms with van der Waals surface area (Å²) in [4.78, 5) is 0. The first-order chi connectivity index (χ1) is 34.1. The molecule has 392 valence electrons. The minimum atomic E-state index is -3.65. The Morgan fingerprint density at radius 2 is 0.472 bits per heavy atom. The van der Waals surface area contributed by atoms with E-state index >= 15 is 0 Å². The van der Waals surface area contributed by atoms with Crippen LogP contribution in [-0.4, -0.2) is 24.4 Å². The van der Waals surface area contributed by atoms with E-state index in [1.165, 1.54) is 0 Å². The molecule has 1 aliphatic carbocycles. The third-order valence-electron chi connectivity index (χ3n) is 12.9. The highest BCUT2D eigenvalue weighted by Crippen LogP contribution is 2.67. The average Bonchev–Trinajstić information content (AvgIpc) is 3.24. The fraction of sp³-hybridized carbons (Fsp3) is 0.538. The lowest BCUT2D eigenvalue weighted by Gasteiger charge is -2.38. The fourth-order valence-corrected chi connectivity index (χ4v) is 20.2. The number of hydrogen-bond donors (Lipinski definition) is 0. The largest absolute Gasteiger partial charge is 0.435 e. The van der Waals surface area contributed by atoms with Crippen molar-refractivity contribution in [3.8, 4) is 46.0 Å². The second kappa shape index (κ2) is 21.3. The lowest BCUT2D eigenvalue weighted by Crippen LogP contribution is -2.21. The maximum absolute atomic E-state index is 7.02. The van der Waals surface area contributed by atoms with E-state index in [4.69, 9.17) is 102 Å². The zero-order valence-corrected chi connectivity index (χ0v) is 50.1. The van der Waals surface area contributed by atoms with Gasteiger partial charge in [0.15, 0.2) is 0 Å². The molecule has 4 aliphatic heterocycles. The van der Waals surface area contributed by atoms with Gasteiger partial charge < -0.3 is 36.2 Å². The van der Waals surface area contributed by atoms with Crippen molar-refractivity contribution in [2.45, 2.75) is 183 Å². The van der Waals surface area contributed by atoms with Crippen molar-refractivity contribution in [3.63, 3.8) is 0 Å². The molecule has 5 aliphatic rings. The number of benzene rings is 4. The van der Waals surface area contributed by atoms with Gasteiger partial charge in [-0.25, -0.2) is 0 Å². The minimum Gasteiger partial charge on any atom is -0.415 e. The molecule has 0 atom stereocenters. The summed E-state index contributed by atoms with van der Waals surface area (Å²) in [5.41, 5.74) is 7.37. The summed E-state index contributed by atoms with van der Waals surface area (Å²) < 4.78 is 82.4. The molecule has 8 bridgehead atoms. The Hall–Kier alpha value is -2.28. The van der Waals surface area contributed by atoms with Crippen LogP contribution >= 0.6 is 26.9 Å². The molecule has 0 aromatic heterocycles. The lowest BCUT2D eigenvalue weighted by atomic mass is 9.76. The summed E-state index contributed by atoms with van der Waals surface area (Å²) >= 11 is 25.6. The van der Waals surface area contributed by atoms with Crippen molar-refractivity contribution in [3.05, 3.63) is 93.0 Å². The normalized spacial score (nSPS) is 27.4. The highest BCUT2D eigenvalue weighted by Gasteiger charge is 2.45. The molecule has 4 aromatic rings. The van der Waals surface area contributed by atoms with Crippen molar-refractivity contribution >= 4 is 74.1 Å². The van der Waals surface area contributed by atoms with Crippen molar-refractivity contribution in [1.29, 1.82) is 0 Å². The van der Waals surface area contributed by atoms with Crippen molar-refractivity contribution in [1.82, 2.24) is 0 Å². The van der Waals surface area contributed by atoms with E-state index in [9.17, 15) is 0 Å². The smallest absolute Gasteiger partial charge is 0.415 e. The molecule has 0 N–H and O–H groups in total. The van der Waals surface area contributed by atoms with Crippen LogP contribution in [0.4, 0.5) is 0 Å². The molecule has 0 saturated carbocycles. The van der Waals surface area contributed by atoms with Gasteiger partial charge in [-0.1, -0.05) is 53.4 Å². The van der Waals surface area contributed by atoms with E-state index in [1.807, 2.05) is 79.7 Å². The van der Waals surface area contributed by atoms with Crippen LogP contribution in [0.1, 0.15) is 203 Å². The molecule has 9 rings (SSSR count). The van der Waals surface area contributed by atoms with Gasteiger partial charge in [-0.2, -0.15) is 0 Å². The lowest BCUT2D eigenvalue weighted by molar-refractivity contribution is 0.203. The second-order valence-corrected chi connectivity index (χ2v) is 31.5. The zero-order chi connectivity index (χ0) is 51.7. The second-order valence-electron chi connectivity index (χ2n) is 20.2. The molecular formula is C52H68O12P4S4. The molecule has 0 unspecified atom stereocenters. The predicted molar refractivity (Wildman–Crippen MR) is 300 cm³/mol. The van der Waals surface area contributed by atoms with Crippen LogP contribution in [0.3, 0.4) is 0 Å². The Bertz CT molecular complexity index is 2420. The van der Waals surface area contributed by atoms with Gasteiger partial charge in [-0.15, -0.1) is 0 Å². The summed E-state index contributed by atoms with van der Waals surface area (Å²) in [6, 6.07) is 16.6. The van der Waals surface area contributed by atoms with E-state index < -0.39 is 26.9 Å². The van der Waals surface area contributed by atoms with Crippen molar-refractivity contribution < 1.29 is 54.3 Å². The fourth-order valence-electron chi connectivity index (χ4n) is 10.5. The third kappa shape index (κ3) is 11.0. The van der Waals surface area contributed by atoms with Gasteiger partial charge in [0.05, 0.1) is 24.4 Å². The first kappa shape index (κ1) is 54.5. The molecular weight excluding hydrogens is 1070 g/mol. The molecule has 0 saturated heterocycles. The molecule has 72 heavy (non-hydrogen) atoms. The van der Waals surface area contributed by atoms with Crippen LogP contribution in [0.5, 0.6) is 46.0 Å². The standard InChI is InChI=1S/C52H68O12P4S4/c1-13-17-33-37-21-39-34(18-14-2)41-23-43-36(20-16-4)44-24-42-35(19-15-3)40-22-38(33)46-26-48(40)60-67(71,55-31(9)10)62-50(42)28-52(44)64-68(72,56-32(11)12)63-51(43)27-49(41)61-66(70,54-30(7)8)59-47(39)25-45(37)57-65(69,58-46)53-29(5)6/h21-36H,13-20H2,1-12H3. The molecule has 4 aromatic carbocycles. The molecule has 12 nitrogen and oxygen atoms in total. The Labute approximate surface area is 447 Å². The van der Waals surface area contributed by atoms with E-state index in [2.05, 4.69) is 52.0 Å². The van der Waals surface area contributed by atoms with Gasteiger partial charge in [0.2, 0.25) is 0 Å². The summed E-state index contributed by atoms with van der Waals surface area (Å²) in [5.74, 6) is 2.86. The van der Waals surface area contributed by atoms with Gasteiger partial charge in [0.25, 0.3) is 0 Å². The van der Waals surface area contributed by atoms with Crippen LogP contribution in [0.15, 0.2) is 48.5 Å². The van der Waals surface area contributed by atoms with Gasteiger partial charge in [-0.05, 0) is 105 Å². The highest BCUT2D eigenvalue weighted by molar-refractivity contribution is 8.09. The molecule has 0 amide bonds. The van der Waals surface area contributed by atoms with Crippen LogP contribution in [0, 0.1) is 0 Å². The number of hydrogen-bond acceptors (Lipinski definition) is 16. The van der Waals surface area contributed by atoms with Crippen LogP contribution in [0.2, 0.25) is 0 Å². The predicted octanol–water partition coefficient (Wildman–Crippen LogP) is 17.4. The molecule has 4 heterocycles. The molecule has 0 fully saturated rings. The van der Waals surface area contributed by atoms with Gasteiger partial charge in [0, 0.05) is 140 Å². The maximum Gasteiger partial charge on any atom is 0.435 e. The first-order valence-electron chi connectivity index (χ1n) is 25.5. The maximum atomic E-state index is 7.02. The Kier molecular flexibility index (Phi) is 16.1. The number of rotatable bonds is 16. The highest BCUT2D eigenvalue weighted by atomic mass is 32.5. The quantitative estimate of drug-likeness (QED) is 0.0992. The van der Waals surface area contributed by atoms with E-state index in [0.29, 0.717) is 46.0 Å². The Morgan fingerprint density at radius 1 is 0.319 bits per heavy atom. The summed E-state index contributed by atoms with van der Waals surface area (Å²) in [7, 11) is 0. The van der Waals surface area contributed by atoms with Crippen LogP contribution in [-0.2, 0) is 65.3 Å². The Balaban J connectivity index is 1.50. The van der Waals surface area contributed by atoms with Crippen LogP contribution < -0.4 is 36.2 Å². The van der Waals surface area contributed by atoms with Gasteiger partial charge in [-0.3, -0.25) is 18.1 Å². The summed E-state index contributed by atoms with van der Waals surface area (Å²) in [6.45, 7) is 9.47. The Morgan fingerprint density at radius 3 is 0.597 bits per heavy atom. The van der Waals surface area contributed by atoms with E-state index in [0.717, 1.165) is 95.9 Å². The van der Waals surface area contributed by atoms with Crippen molar-refractivity contribution in [2.24, 2.45) is 0 Å². The van der Waals surface area contributed by atoms with Gasteiger partial charge >= 0.3 is 26.9 Å². The monoisotopic (exact) mass is 1140 g/mol. The summed E-state index contributed by atoms with van der Waals surface area (Å²) in [6.07, 6.45) is 4.87. The van der Waals surface area contributed by atoms with E-state index in [1.54, 1.807) is 0 Å². The molecule has 20 heteroatoms. The topological polar surface area (TPSA) is 111 Å². The molecule has 0 spiro atoms. The van der Waals surface area contributed by atoms with Gasteiger partial charge in [0.1, 0.15) is 46.0 Å². The SMILES string of the molecule is CCCC1c2cc3c4cc2OP(=S)(OC(C)C)Oc2cc5c(cc21)C(CCC)c1cc2c(cc1OP(=S)(OC(C)C)O5)OP(=S)(OC(C)C)Oc1cc(c(cc1C2CCC)C3CCC)OP(=S)(OC(C)C)O4. The first-order valence-corrected chi connectivity index (χ1v) is 35.7.